The van der Waals surface area contributed by atoms with Gasteiger partial charge in [0.2, 0.25) is 5.91 Å². The lowest BCUT2D eigenvalue weighted by Crippen LogP contribution is -2.53. The highest BCUT2D eigenvalue weighted by atomic mass is 19.1. The molecule has 3 N–H and O–H groups in total. The fourth-order valence-corrected chi connectivity index (χ4v) is 2.75. The van der Waals surface area contributed by atoms with E-state index in [4.69, 9.17) is 5.73 Å². The van der Waals surface area contributed by atoms with Crippen molar-refractivity contribution in [2.45, 2.75) is 26.3 Å². The molecule has 0 spiro atoms. The van der Waals surface area contributed by atoms with E-state index in [0.29, 0.717) is 12.5 Å². The number of carbonyl (C=O) groups is 1. The average Bonchev–Trinajstić information content (AvgIpc) is 2.33. The van der Waals surface area contributed by atoms with Gasteiger partial charge in [-0.25, -0.2) is 8.78 Å². The summed E-state index contributed by atoms with van der Waals surface area (Å²) in [6.07, 6.45) is 1.53. The highest BCUT2D eigenvalue weighted by Gasteiger charge is 2.46. The standard InChI is InChI=1S/C14H18F2N2O/c1-9-5-14(6-9,8-17)13(19)18-7-10-2-3-11(15)4-12(10)16/h2-4,9H,5-8,17H2,1H3,(H,18,19). The third kappa shape index (κ3) is 2.76. The first-order valence-corrected chi connectivity index (χ1v) is 6.39. The van der Waals surface area contributed by atoms with Crippen LogP contribution in [0.15, 0.2) is 18.2 Å². The molecule has 1 aliphatic carbocycles. The van der Waals surface area contributed by atoms with Crippen molar-refractivity contribution in [3.63, 3.8) is 0 Å². The molecule has 3 nitrogen and oxygen atoms in total. The van der Waals surface area contributed by atoms with Gasteiger partial charge in [0, 0.05) is 24.7 Å². The van der Waals surface area contributed by atoms with Gasteiger partial charge in [0.15, 0.2) is 0 Å². The van der Waals surface area contributed by atoms with Crippen molar-refractivity contribution < 1.29 is 13.6 Å². The van der Waals surface area contributed by atoms with Crippen LogP contribution in [-0.2, 0) is 11.3 Å². The number of benzene rings is 1. The molecule has 1 fully saturated rings. The summed E-state index contributed by atoms with van der Waals surface area (Å²) < 4.78 is 26.2. The minimum Gasteiger partial charge on any atom is -0.351 e. The van der Waals surface area contributed by atoms with E-state index >= 15 is 0 Å². The van der Waals surface area contributed by atoms with Crippen molar-refractivity contribution in [3.8, 4) is 0 Å². The van der Waals surface area contributed by atoms with Gasteiger partial charge in [-0.05, 0) is 24.8 Å². The Balaban J connectivity index is 1.97. The van der Waals surface area contributed by atoms with E-state index < -0.39 is 17.0 Å². The molecule has 0 heterocycles. The second-order valence-corrected chi connectivity index (χ2v) is 5.42. The molecule has 0 aliphatic heterocycles. The number of rotatable bonds is 4. The number of hydrogen-bond acceptors (Lipinski definition) is 2. The zero-order valence-electron chi connectivity index (χ0n) is 10.9. The van der Waals surface area contributed by atoms with Crippen LogP contribution < -0.4 is 11.1 Å². The van der Waals surface area contributed by atoms with Gasteiger partial charge in [-0.15, -0.1) is 0 Å². The molecule has 104 valence electrons. The first kappa shape index (κ1) is 13.9. The molecule has 2 rings (SSSR count). The minimum atomic E-state index is -0.649. The van der Waals surface area contributed by atoms with Crippen LogP contribution in [0.1, 0.15) is 25.3 Å². The summed E-state index contributed by atoms with van der Waals surface area (Å²) in [7, 11) is 0. The van der Waals surface area contributed by atoms with Crippen molar-refractivity contribution in [1.29, 1.82) is 0 Å². The molecule has 19 heavy (non-hydrogen) atoms. The summed E-state index contributed by atoms with van der Waals surface area (Å²) in [5.41, 5.74) is 5.43. The van der Waals surface area contributed by atoms with Crippen LogP contribution in [-0.4, -0.2) is 12.5 Å². The molecule has 0 saturated heterocycles. The van der Waals surface area contributed by atoms with Gasteiger partial charge in [0.25, 0.3) is 0 Å². The number of amides is 1. The third-order valence-corrected chi connectivity index (χ3v) is 3.81. The van der Waals surface area contributed by atoms with Crippen molar-refractivity contribution in [1.82, 2.24) is 5.32 Å². The van der Waals surface area contributed by atoms with Gasteiger partial charge in [0.05, 0.1) is 5.41 Å². The van der Waals surface area contributed by atoms with Crippen LogP contribution in [0, 0.1) is 23.0 Å². The van der Waals surface area contributed by atoms with Gasteiger partial charge in [-0.2, -0.15) is 0 Å². The molecule has 0 unspecified atom stereocenters. The van der Waals surface area contributed by atoms with E-state index in [9.17, 15) is 13.6 Å². The normalized spacial score (nSPS) is 25.8. The number of halogens is 2. The van der Waals surface area contributed by atoms with Gasteiger partial charge in [-0.1, -0.05) is 13.0 Å². The second kappa shape index (κ2) is 5.25. The quantitative estimate of drug-likeness (QED) is 0.877. The Hall–Kier alpha value is -1.49. The fraction of sp³-hybridized carbons (Fsp3) is 0.500. The van der Waals surface area contributed by atoms with Gasteiger partial charge < -0.3 is 11.1 Å². The molecule has 1 amide bonds. The molecule has 1 aromatic carbocycles. The Bertz CT molecular complexity index is 484. The zero-order chi connectivity index (χ0) is 14.0. The summed E-state index contributed by atoms with van der Waals surface area (Å²) in [5, 5.41) is 2.69. The Morgan fingerprint density at radius 2 is 2.16 bits per heavy atom. The number of nitrogens with two attached hydrogens (primary N) is 1. The maximum absolute atomic E-state index is 13.4. The lowest BCUT2D eigenvalue weighted by Gasteiger charge is -2.44. The summed E-state index contributed by atoms with van der Waals surface area (Å²) in [4.78, 5) is 12.1. The fourth-order valence-electron chi connectivity index (χ4n) is 2.75. The highest BCUT2D eigenvalue weighted by molar-refractivity contribution is 5.83. The number of carbonyl (C=O) groups excluding carboxylic acids is 1. The Labute approximate surface area is 111 Å². The van der Waals surface area contributed by atoms with Crippen LogP contribution in [0.4, 0.5) is 8.78 Å². The molecular formula is C14H18F2N2O. The Morgan fingerprint density at radius 1 is 1.47 bits per heavy atom. The van der Waals surface area contributed by atoms with E-state index in [1.807, 2.05) is 0 Å². The lowest BCUT2D eigenvalue weighted by molar-refractivity contribution is -0.138. The molecule has 5 heteroatoms. The molecule has 1 saturated carbocycles. The Kier molecular flexibility index (Phi) is 3.85. The van der Waals surface area contributed by atoms with Crippen molar-refractivity contribution in [3.05, 3.63) is 35.4 Å². The molecule has 0 bridgehead atoms. The summed E-state index contributed by atoms with van der Waals surface area (Å²) in [5.74, 6) is -0.920. The van der Waals surface area contributed by atoms with Crippen LogP contribution >= 0.6 is 0 Å². The van der Waals surface area contributed by atoms with E-state index in [1.165, 1.54) is 12.1 Å². The second-order valence-electron chi connectivity index (χ2n) is 5.42. The first-order chi connectivity index (χ1) is 8.97. The summed E-state index contributed by atoms with van der Waals surface area (Å²) >= 11 is 0. The van der Waals surface area contributed by atoms with Crippen LogP contribution in [0.25, 0.3) is 0 Å². The Morgan fingerprint density at radius 3 is 2.68 bits per heavy atom. The molecule has 0 aromatic heterocycles. The predicted molar refractivity (Wildman–Crippen MR) is 68.1 cm³/mol. The van der Waals surface area contributed by atoms with Gasteiger partial charge >= 0.3 is 0 Å². The van der Waals surface area contributed by atoms with Crippen molar-refractivity contribution in [2.75, 3.05) is 6.54 Å². The van der Waals surface area contributed by atoms with E-state index in [1.54, 1.807) is 0 Å². The monoisotopic (exact) mass is 268 g/mol. The largest absolute Gasteiger partial charge is 0.351 e. The van der Waals surface area contributed by atoms with Crippen molar-refractivity contribution in [2.24, 2.45) is 17.1 Å². The minimum absolute atomic E-state index is 0.0566. The average molecular weight is 268 g/mol. The maximum Gasteiger partial charge on any atom is 0.227 e. The van der Waals surface area contributed by atoms with E-state index in [0.717, 1.165) is 18.9 Å². The van der Waals surface area contributed by atoms with Gasteiger partial charge in [-0.3, -0.25) is 4.79 Å². The summed E-state index contributed by atoms with van der Waals surface area (Å²) in [6.45, 7) is 2.43. The van der Waals surface area contributed by atoms with E-state index in [-0.39, 0.29) is 18.0 Å². The molecule has 1 aliphatic rings. The maximum atomic E-state index is 13.4. The number of nitrogens with one attached hydrogen (secondary N) is 1. The SMILES string of the molecule is CC1CC(CN)(C(=O)NCc2ccc(F)cc2F)C1. The molecular weight excluding hydrogens is 250 g/mol. The highest BCUT2D eigenvalue weighted by Crippen LogP contribution is 2.44. The lowest BCUT2D eigenvalue weighted by atomic mass is 9.62. The molecule has 0 radical (unpaired) electrons. The van der Waals surface area contributed by atoms with Crippen LogP contribution in [0.3, 0.4) is 0 Å². The molecule has 0 atom stereocenters. The van der Waals surface area contributed by atoms with Crippen LogP contribution in [0.2, 0.25) is 0 Å². The third-order valence-electron chi connectivity index (χ3n) is 3.81. The number of hydrogen-bond donors (Lipinski definition) is 2. The van der Waals surface area contributed by atoms with Crippen molar-refractivity contribution >= 4 is 5.91 Å². The zero-order valence-corrected chi connectivity index (χ0v) is 10.9. The summed E-state index contributed by atoms with van der Waals surface area (Å²) in [6, 6.07) is 3.32. The predicted octanol–water partition coefficient (Wildman–Crippen LogP) is 1.96. The smallest absolute Gasteiger partial charge is 0.227 e. The van der Waals surface area contributed by atoms with E-state index in [2.05, 4.69) is 12.2 Å². The first-order valence-electron chi connectivity index (χ1n) is 6.39. The topological polar surface area (TPSA) is 55.1 Å². The van der Waals surface area contributed by atoms with Gasteiger partial charge in [0.1, 0.15) is 11.6 Å². The van der Waals surface area contributed by atoms with Crippen LogP contribution in [0.5, 0.6) is 0 Å². The molecule has 1 aromatic rings.